The molecular formula is C12H19N3O3. The van der Waals surface area contributed by atoms with Crippen molar-refractivity contribution in [2.45, 2.75) is 38.6 Å². The molecule has 6 heteroatoms. The molecule has 0 saturated carbocycles. The number of carboxylic acid groups (broad SMARTS) is 1. The van der Waals surface area contributed by atoms with Gasteiger partial charge in [0.1, 0.15) is 6.04 Å². The Morgan fingerprint density at radius 1 is 1.56 bits per heavy atom. The number of carboxylic acids is 1. The number of nitrogens with one attached hydrogen (secondary N) is 1. The standard InChI is InChI=1S/C12H19N3O3/c1-3-4-10(12(17)18)14-11(16)6-5-9-7-13-15(2)8-9/h7-8,10H,3-6H2,1-2H3,(H,14,16)(H,17,18). The molecule has 0 bridgehead atoms. The highest BCUT2D eigenvalue weighted by molar-refractivity contribution is 5.83. The number of amides is 1. The zero-order valence-corrected chi connectivity index (χ0v) is 10.7. The number of carbonyl (C=O) groups is 2. The molecule has 1 atom stereocenters. The van der Waals surface area contributed by atoms with Crippen LogP contribution in [0.1, 0.15) is 31.7 Å². The molecule has 0 saturated heterocycles. The van der Waals surface area contributed by atoms with E-state index in [4.69, 9.17) is 5.11 Å². The Morgan fingerprint density at radius 3 is 2.78 bits per heavy atom. The molecule has 1 amide bonds. The Balaban J connectivity index is 2.38. The van der Waals surface area contributed by atoms with Crippen LogP contribution in [0.3, 0.4) is 0 Å². The molecule has 0 aliphatic carbocycles. The molecule has 1 aromatic rings. The van der Waals surface area contributed by atoms with Gasteiger partial charge in [0.15, 0.2) is 0 Å². The predicted octanol–water partition coefficient (Wildman–Crippen LogP) is 0.722. The average Bonchev–Trinajstić information content (AvgIpc) is 2.72. The minimum Gasteiger partial charge on any atom is -0.480 e. The largest absolute Gasteiger partial charge is 0.480 e. The van der Waals surface area contributed by atoms with Gasteiger partial charge in [-0.25, -0.2) is 4.79 Å². The summed E-state index contributed by atoms with van der Waals surface area (Å²) in [5, 5.41) is 15.4. The van der Waals surface area contributed by atoms with Crippen molar-refractivity contribution < 1.29 is 14.7 Å². The second kappa shape index (κ2) is 6.78. The summed E-state index contributed by atoms with van der Waals surface area (Å²) in [4.78, 5) is 22.5. The minimum atomic E-state index is -0.980. The van der Waals surface area contributed by atoms with Crippen LogP contribution in [0.2, 0.25) is 0 Å². The number of rotatable bonds is 7. The summed E-state index contributed by atoms with van der Waals surface area (Å²) in [6.45, 7) is 1.89. The fourth-order valence-corrected chi connectivity index (χ4v) is 1.67. The number of carbonyl (C=O) groups excluding carboxylic acids is 1. The highest BCUT2D eigenvalue weighted by Gasteiger charge is 2.18. The molecule has 6 nitrogen and oxygen atoms in total. The summed E-state index contributed by atoms with van der Waals surface area (Å²) in [5.74, 6) is -1.22. The molecule has 2 N–H and O–H groups in total. The third-order valence-electron chi connectivity index (χ3n) is 2.61. The molecule has 1 heterocycles. The van der Waals surface area contributed by atoms with Gasteiger partial charge in [0.25, 0.3) is 0 Å². The summed E-state index contributed by atoms with van der Waals surface area (Å²) in [5.41, 5.74) is 0.968. The van der Waals surface area contributed by atoms with E-state index in [1.54, 1.807) is 10.9 Å². The molecule has 1 rings (SSSR count). The summed E-state index contributed by atoms with van der Waals surface area (Å²) in [6, 6.07) is -0.781. The number of nitrogens with zero attached hydrogens (tertiary/aromatic N) is 2. The second-order valence-electron chi connectivity index (χ2n) is 4.27. The first-order valence-corrected chi connectivity index (χ1v) is 6.02. The van der Waals surface area contributed by atoms with Crippen molar-refractivity contribution in [1.82, 2.24) is 15.1 Å². The summed E-state index contributed by atoms with van der Waals surface area (Å²) < 4.78 is 1.67. The molecule has 0 aliphatic heterocycles. The van der Waals surface area contributed by atoms with Crippen LogP contribution in [-0.4, -0.2) is 32.8 Å². The van der Waals surface area contributed by atoms with Crippen molar-refractivity contribution in [2.75, 3.05) is 0 Å². The van der Waals surface area contributed by atoms with Crippen LogP contribution in [0.5, 0.6) is 0 Å². The van der Waals surface area contributed by atoms with Gasteiger partial charge in [-0.1, -0.05) is 13.3 Å². The molecule has 100 valence electrons. The first kappa shape index (κ1) is 14.2. The molecule has 1 aromatic heterocycles. The lowest BCUT2D eigenvalue weighted by Crippen LogP contribution is -2.40. The molecule has 0 aromatic carbocycles. The Hall–Kier alpha value is -1.85. The van der Waals surface area contributed by atoms with Gasteiger partial charge in [-0.15, -0.1) is 0 Å². The number of aliphatic carboxylic acids is 1. The van der Waals surface area contributed by atoms with Gasteiger partial charge in [-0.05, 0) is 18.4 Å². The zero-order chi connectivity index (χ0) is 13.5. The quantitative estimate of drug-likeness (QED) is 0.750. The van der Waals surface area contributed by atoms with Crippen molar-refractivity contribution in [3.63, 3.8) is 0 Å². The molecule has 0 aliphatic rings. The maximum atomic E-state index is 11.6. The summed E-state index contributed by atoms with van der Waals surface area (Å²) in [6.07, 6.45) is 5.56. The molecule has 0 radical (unpaired) electrons. The SMILES string of the molecule is CCCC(NC(=O)CCc1cnn(C)c1)C(=O)O. The van der Waals surface area contributed by atoms with Crippen molar-refractivity contribution in [3.05, 3.63) is 18.0 Å². The second-order valence-corrected chi connectivity index (χ2v) is 4.27. The van der Waals surface area contributed by atoms with E-state index in [1.165, 1.54) is 0 Å². The smallest absolute Gasteiger partial charge is 0.326 e. The van der Waals surface area contributed by atoms with Gasteiger partial charge in [0.05, 0.1) is 6.20 Å². The molecular weight excluding hydrogens is 234 g/mol. The van der Waals surface area contributed by atoms with E-state index in [0.717, 1.165) is 12.0 Å². The Labute approximate surface area is 106 Å². The van der Waals surface area contributed by atoms with E-state index in [1.807, 2.05) is 20.2 Å². The van der Waals surface area contributed by atoms with Crippen LogP contribution in [0.15, 0.2) is 12.4 Å². The maximum absolute atomic E-state index is 11.6. The molecule has 0 fully saturated rings. The van der Waals surface area contributed by atoms with Crippen LogP contribution in [0.4, 0.5) is 0 Å². The molecule has 18 heavy (non-hydrogen) atoms. The van der Waals surface area contributed by atoms with E-state index in [9.17, 15) is 9.59 Å². The van der Waals surface area contributed by atoms with Crippen LogP contribution in [0.25, 0.3) is 0 Å². The van der Waals surface area contributed by atoms with Crippen molar-refractivity contribution in [3.8, 4) is 0 Å². The van der Waals surface area contributed by atoms with Gasteiger partial charge < -0.3 is 10.4 Å². The topological polar surface area (TPSA) is 84.2 Å². The van der Waals surface area contributed by atoms with Crippen LogP contribution >= 0.6 is 0 Å². The minimum absolute atomic E-state index is 0.236. The zero-order valence-electron chi connectivity index (χ0n) is 10.7. The first-order valence-electron chi connectivity index (χ1n) is 6.02. The van der Waals surface area contributed by atoms with E-state index in [0.29, 0.717) is 12.8 Å². The third-order valence-corrected chi connectivity index (χ3v) is 2.61. The summed E-state index contributed by atoms with van der Waals surface area (Å²) in [7, 11) is 1.81. The normalized spacial score (nSPS) is 12.1. The van der Waals surface area contributed by atoms with Gasteiger partial charge in [-0.2, -0.15) is 5.10 Å². The van der Waals surface area contributed by atoms with E-state index in [-0.39, 0.29) is 12.3 Å². The van der Waals surface area contributed by atoms with E-state index >= 15 is 0 Å². The van der Waals surface area contributed by atoms with Crippen LogP contribution in [0, 0.1) is 0 Å². The molecule has 1 unspecified atom stereocenters. The van der Waals surface area contributed by atoms with E-state index < -0.39 is 12.0 Å². The highest BCUT2D eigenvalue weighted by Crippen LogP contribution is 2.02. The van der Waals surface area contributed by atoms with E-state index in [2.05, 4.69) is 10.4 Å². The number of hydrogen-bond acceptors (Lipinski definition) is 3. The van der Waals surface area contributed by atoms with Gasteiger partial charge >= 0.3 is 5.97 Å². The fraction of sp³-hybridized carbons (Fsp3) is 0.583. The van der Waals surface area contributed by atoms with Gasteiger partial charge in [-0.3, -0.25) is 9.48 Å². The summed E-state index contributed by atoms with van der Waals surface area (Å²) >= 11 is 0. The lowest BCUT2D eigenvalue weighted by molar-refractivity contribution is -0.142. The van der Waals surface area contributed by atoms with Gasteiger partial charge in [0.2, 0.25) is 5.91 Å². The van der Waals surface area contributed by atoms with Gasteiger partial charge in [0, 0.05) is 19.7 Å². The van der Waals surface area contributed by atoms with Crippen LogP contribution < -0.4 is 5.32 Å². The van der Waals surface area contributed by atoms with Crippen molar-refractivity contribution >= 4 is 11.9 Å². The number of aromatic nitrogens is 2. The number of hydrogen-bond donors (Lipinski definition) is 2. The Kier molecular flexibility index (Phi) is 5.35. The van der Waals surface area contributed by atoms with Crippen molar-refractivity contribution in [1.29, 1.82) is 0 Å². The fourth-order valence-electron chi connectivity index (χ4n) is 1.67. The Bertz CT molecular complexity index is 414. The maximum Gasteiger partial charge on any atom is 0.326 e. The predicted molar refractivity (Wildman–Crippen MR) is 66.0 cm³/mol. The molecule has 0 spiro atoms. The Morgan fingerprint density at radius 2 is 2.28 bits per heavy atom. The lowest BCUT2D eigenvalue weighted by atomic mass is 10.1. The average molecular weight is 253 g/mol. The first-order chi connectivity index (χ1) is 8.52. The van der Waals surface area contributed by atoms with Crippen LogP contribution in [-0.2, 0) is 23.1 Å². The lowest BCUT2D eigenvalue weighted by Gasteiger charge is -2.13. The highest BCUT2D eigenvalue weighted by atomic mass is 16.4. The number of aryl methyl sites for hydroxylation is 2. The third kappa shape index (κ3) is 4.57. The monoisotopic (exact) mass is 253 g/mol. The van der Waals surface area contributed by atoms with Crippen molar-refractivity contribution in [2.24, 2.45) is 7.05 Å².